The van der Waals surface area contributed by atoms with E-state index in [2.05, 4.69) is 26.0 Å². The van der Waals surface area contributed by atoms with E-state index in [1.54, 1.807) is 0 Å². The average Bonchev–Trinajstić information content (AvgIpc) is 2.75. The van der Waals surface area contributed by atoms with E-state index in [0.29, 0.717) is 13.2 Å². The van der Waals surface area contributed by atoms with Gasteiger partial charge in [-0.15, -0.1) is 0 Å². The van der Waals surface area contributed by atoms with Gasteiger partial charge in [-0.05, 0) is 25.0 Å². The Morgan fingerprint density at radius 3 is 1.33 bits per heavy atom. The first-order valence-corrected chi connectivity index (χ1v) is 11.9. The minimum absolute atomic E-state index is 0.284. The van der Waals surface area contributed by atoms with Crippen molar-refractivity contribution in [1.82, 2.24) is 0 Å². The van der Waals surface area contributed by atoms with Gasteiger partial charge in [-0.25, -0.2) is 0 Å². The van der Waals surface area contributed by atoms with Crippen LogP contribution < -0.4 is 9.47 Å². The first kappa shape index (κ1) is 25.8. The molecule has 0 aliphatic rings. The summed E-state index contributed by atoms with van der Waals surface area (Å²) in [5.41, 5.74) is 1.70. The van der Waals surface area contributed by atoms with Crippen LogP contribution in [0.5, 0.6) is 11.5 Å². The van der Waals surface area contributed by atoms with Gasteiger partial charge in [0, 0.05) is 11.1 Å². The molecule has 0 N–H and O–H groups in total. The molecule has 4 nitrogen and oxygen atoms in total. The predicted molar refractivity (Wildman–Crippen MR) is 123 cm³/mol. The number of hydrogen-bond donors (Lipinski definition) is 0. The second kappa shape index (κ2) is 17.6. The zero-order chi connectivity index (χ0) is 21.9. The fraction of sp³-hybridized carbons (Fsp3) is 0.692. The molecule has 0 amide bonds. The van der Waals surface area contributed by atoms with Crippen LogP contribution in [-0.2, 0) is 12.8 Å². The normalized spacial score (nSPS) is 10.4. The summed E-state index contributed by atoms with van der Waals surface area (Å²) in [4.78, 5) is 0. The van der Waals surface area contributed by atoms with Crippen molar-refractivity contribution in [2.45, 2.75) is 104 Å². The van der Waals surface area contributed by atoms with Gasteiger partial charge in [0.15, 0.2) is 0 Å². The van der Waals surface area contributed by atoms with Crippen molar-refractivity contribution < 1.29 is 9.47 Å². The van der Waals surface area contributed by atoms with Crippen LogP contribution in [0.3, 0.4) is 0 Å². The molecule has 0 saturated carbocycles. The molecule has 0 heterocycles. The third-order valence-corrected chi connectivity index (χ3v) is 5.29. The Kier molecular flexibility index (Phi) is 15.2. The Hall–Kier alpha value is -2.20. The van der Waals surface area contributed by atoms with E-state index in [0.717, 1.165) is 48.3 Å². The number of nitrogens with zero attached hydrogens (tertiary/aromatic N) is 2. The van der Waals surface area contributed by atoms with Crippen molar-refractivity contribution >= 4 is 0 Å². The topological polar surface area (TPSA) is 66.0 Å². The highest BCUT2D eigenvalue weighted by Crippen LogP contribution is 2.30. The number of ether oxygens (including phenoxy) is 2. The smallest absolute Gasteiger partial charge is 0.124 e. The Labute approximate surface area is 184 Å². The van der Waals surface area contributed by atoms with Gasteiger partial charge in [-0.3, -0.25) is 0 Å². The molecule has 0 fully saturated rings. The fourth-order valence-corrected chi connectivity index (χ4v) is 3.49. The molecule has 1 aromatic rings. The number of nitriles is 2. The lowest BCUT2D eigenvalue weighted by atomic mass is 10.0. The molecule has 166 valence electrons. The van der Waals surface area contributed by atoms with Crippen molar-refractivity contribution in [2.24, 2.45) is 0 Å². The van der Waals surface area contributed by atoms with Crippen LogP contribution in [0.1, 0.15) is 102 Å². The van der Waals surface area contributed by atoms with E-state index in [4.69, 9.17) is 9.47 Å². The predicted octanol–water partition coefficient (Wildman–Crippen LogP) is 7.30. The maximum absolute atomic E-state index is 9.22. The molecule has 4 heteroatoms. The maximum Gasteiger partial charge on any atom is 0.124 e. The standard InChI is InChI=1S/C26H40N2O2/c1-3-5-7-9-11-13-19-29-25-21-24(16-18-28)26(22-23(25)15-17-27)30-20-14-12-10-8-6-4-2/h21-22H,3-16,19-20H2,1-2H3. The Morgan fingerprint density at radius 2 is 0.967 bits per heavy atom. The van der Waals surface area contributed by atoms with Gasteiger partial charge in [0.25, 0.3) is 0 Å². The molecule has 0 bridgehead atoms. The van der Waals surface area contributed by atoms with Crippen LogP contribution in [0.25, 0.3) is 0 Å². The van der Waals surface area contributed by atoms with Crippen LogP contribution in [0.2, 0.25) is 0 Å². The summed E-state index contributed by atoms with van der Waals surface area (Å²) in [6.07, 6.45) is 15.1. The molecular weight excluding hydrogens is 372 g/mol. The SMILES string of the molecule is CCCCCCCCOc1cc(CC#N)c(OCCCCCCCC)cc1CC#N. The summed E-state index contributed by atoms with van der Waals surface area (Å²) in [5, 5.41) is 18.4. The highest BCUT2D eigenvalue weighted by atomic mass is 16.5. The third kappa shape index (κ3) is 11.1. The Bertz CT molecular complexity index is 600. The van der Waals surface area contributed by atoms with Crippen molar-refractivity contribution in [2.75, 3.05) is 13.2 Å². The first-order valence-electron chi connectivity index (χ1n) is 11.9. The number of rotatable bonds is 18. The van der Waals surface area contributed by atoms with Crippen molar-refractivity contribution in [3.8, 4) is 23.6 Å². The van der Waals surface area contributed by atoms with Gasteiger partial charge in [0.1, 0.15) is 11.5 Å². The lowest BCUT2D eigenvalue weighted by molar-refractivity contribution is 0.292. The fourth-order valence-electron chi connectivity index (χ4n) is 3.49. The molecule has 0 saturated heterocycles. The molecular formula is C26H40N2O2. The Balaban J connectivity index is 2.63. The quantitative estimate of drug-likeness (QED) is 0.237. The summed E-state index contributed by atoms with van der Waals surface area (Å²) >= 11 is 0. The van der Waals surface area contributed by atoms with E-state index in [1.807, 2.05) is 12.1 Å². The van der Waals surface area contributed by atoms with Crippen molar-refractivity contribution in [3.63, 3.8) is 0 Å². The second-order valence-electron chi connectivity index (χ2n) is 7.97. The first-order chi connectivity index (χ1) is 14.8. The summed E-state index contributed by atoms with van der Waals surface area (Å²) in [6, 6.07) is 8.26. The van der Waals surface area contributed by atoms with E-state index in [9.17, 15) is 10.5 Å². The largest absolute Gasteiger partial charge is 0.493 e. The maximum atomic E-state index is 9.22. The summed E-state index contributed by atoms with van der Waals surface area (Å²) < 4.78 is 12.0. The summed E-state index contributed by atoms with van der Waals surface area (Å²) in [6.45, 7) is 5.74. The van der Waals surface area contributed by atoms with E-state index < -0.39 is 0 Å². The lowest BCUT2D eigenvalue weighted by Crippen LogP contribution is -2.05. The van der Waals surface area contributed by atoms with Gasteiger partial charge < -0.3 is 9.47 Å². The zero-order valence-electron chi connectivity index (χ0n) is 19.2. The monoisotopic (exact) mass is 412 g/mol. The molecule has 0 atom stereocenters. The average molecular weight is 413 g/mol. The lowest BCUT2D eigenvalue weighted by Gasteiger charge is -2.16. The van der Waals surface area contributed by atoms with Crippen LogP contribution in [0.4, 0.5) is 0 Å². The molecule has 0 radical (unpaired) electrons. The number of hydrogen-bond acceptors (Lipinski definition) is 4. The van der Waals surface area contributed by atoms with Gasteiger partial charge >= 0.3 is 0 Å². The van der Waals surface area contributed by atoms with Crippen LogP contribution in [0.15, 0.2) is 12.1 Å². The minimum atomic E-state index is 0.284. The van der Waals surface area contributed by atoms with Gasteiger partial charge in [0.05, 0.1) is 38.2 Å². The zero-order valence-corrected chi connectivity index (χ0v) is 19.2. The van der Waals surface area contributed by atoms with E-state index in [1.165, 1.54) is 51.4 Å². The number of unbranched alkanes of at least 4 members (excludes halogenated alkanes) is 10. The van der Waals surface area contributed by atoms with E-state index in [-0.39, 0.29) is 12.8 Å². The second-order valence-corrected chi connectivity index (χ2v) is 7.97. The van der Waals surface area contributed by atoms with Crippen molar-refractivity contribution in [1.29, 1.82) is 10.5 Å². The molecule has 0 aliphatic carbocycles. The van der Waals surface area contributed by atoms with Crippen LogP contribution in [0, 0.1) is 22.7 Å². The van der Waals surface area contributed by atoms with E-state index >= 15 is 0 Å². The molecule has 1 aromatic carbocycles. The summed E-state index contributed by atoms with van der Waals surface area (Å²) in [5.74, 6) is 1.45. The van der Waals surface area contributed by atoms with Crippen LogP contribution in [-0.4, -0.2) is 13.2 Å². The van der Waals surface area contributed by atoms with Gasteiger partial charge in [-0.1, -0.05) is 78.1 Å². The molecule has 0 unspecified atom stereocenters. The highest BCUT2D eigenvalue weighted by molar-refractivity contribution is 5.48. The molecule has 0 aromatic heterocycles. The van der Waals surface area contributed by atoms with Crippen LogP contribution >= 0.6 is 0 Å². The third-order valence-electron chi connectivity index (χ3n) is 5.29. The highest BCUT2D eigenvalue weighted by Gasteiger charge is 2.12. The number of benzene rings is 1. The molecule has 30 heavy (non-hydrogen) atoms. The molecule has 0 aliphatic heterocycles. The molecule has 0 spiro atoms. The van der Waals surface area contributed by atoms with Gasteiger partial charge in [-0.2, -0.15) is 10.5 Å². The Morgan fingerprint density at radius 1 is 0.600 bits per heavy atom. The van der Waals surface area contributed by atoms with Gasteiger partial charge in [0.2, 0.25) is 0 Å². The van der Waals surface area contributed by atoms with Crippen molar-refractivity contribution in [3.05, 3.63) is 23.3 Å². The summed E-state index contributed by atoms with van der Waals surface area (Å²) in [7, 11) is 0. The molecule has 1 rings (SSSR count). The minimum Gasteiger partial charge on any atom is -0.493 e.